The van der Waals surface area contributed by atoms with Gasteiger partial charge >= 0.3 is 19.2 Å². The molecule has 1 rings (SSSR count). The van der Waals surface area contributed by atoms with Gasteiger partial charge in [0.2, 0.25) is 0 Å². The molecule has 5 N–H and O–H groups in total. The lowest BCUT2D eigenvalue weighted by atomic mass is 10.0. The molecule has 0 aliphatic carbocycles. The number of benzene rings is 1. The van der Waals surface area contributed by atoms with Gasteiger partial charge in [-0.15, -0.1) is 0 Å². The number of nitro benzene ring substituents is 2. The van der Waals surface area contributed by atoms with Crippen molar-refractivity contribution in [3.8, 4) is 0 Å². The number of nitrogens with two attached hydrogens (primary N) is 1. The first-order chi connectivity index (χ1) is 16.1. The molecule has 0 fully saturated rings. The van der Waals surface area contributed by atoms with Gasteiger partial charge in [-0.3, -0.25) is 33.7 Å². The van der Waals surface area contributed by atoms with E-state index in [9.17, 15) is 38.0 Å². The third-order valence-corrected chi connectivity index (χ3v) is 5.55. The summed E-state index contributed by atoms with van der Waals surface area (Å²) in [6.45, 7) is -1.56. The van der Waals surface area contributed by atoms with Crippen molar-refractivity contribution in [2.75, 3.05) is 55.1 Å². The molecule has 198 valence electrons. The molecule has 0 radical (unpaired) electrons. The van der Waals surface area contributed by atoms with Gasteiger partial charge < -0.3 is 25.7 Å². The highest BCUT2D eigenvalue weighted by atomic mass is 79.9. The number of hydrogen-bond acceptors (Lipinski definition) is 12. The summed E-state index contributed by atoms with van der Waals surface area (Å²) in [6, 6.07) is 0.771. The van der Waals surface area contributed by atoms with Gasteiger partial charge in [0.25, 0.3) is 16.0 Å². The summed E-state index contributed by atoms with van der Waals surface area (Å²) in [6.07, 6.45) is 0.701. The molecule has 20 heteroatoms. The topological polar surface area (TPSA) is 255 Å². The monoisotopic (exact) mass is 607 g/mol. The Labute approximate surface area is 207 Å². The fourth-order valence-corrected chi connectivity index (χ4v) is 3.99. The number of nitro groups is 2. The number of carbonyl (C=O) groups is 1. The predicted octanol–water partition coefficient (Wildman–Crippen LogP) is 0.492. The molecule has 35 heavy (non-hydrogen) atoms. The number of hydrogen-bond donors (Lipinski definition) is 4. The smallest absolute Gasteiger partial charge is 0.398 e. The normalized spacial score (nSPS) is 11.8. The van der Waals surface area contributed by atoms with Crippen LogP contribution in [0.2, 0.25) is 0 Å². The molecule has 1 amide bonds. The third-order valence-electron chi connectivity index (χ3n) is 4.09. The summed E-state index contributed by atoms with van der Waals surface area (Å²) in [5.74, 6) is -1.08. The zero-order chi connectivity index (χ0) is 27.0. The van der Waals surface area contributed by atoms with Crippen molar-refractivity contribution in [3.05, 3.63) is 31.9 Å². The van der Waals surface area contributed by atoms with E-state index >= 15 is 0 Å². The van der Waals surface area contributed by atoms with Crippen molar-refractivity contribution in [1.29, 1.82) is 0 Å². The number of nitrogen functional groups attached to an aromatic ring is 1. The van der Waals surface area contributed by atoms with Crippen LogP contribution < -0.4 is 16.0 Å². The number of rotatable bonds is 15. The van der Waals surface area contributed by atoms with Gasteiger partial charge in [-0.25, -0.2) is 4.57 Å². The summed E-state index contributed by atoms with van der Waals surface area (Å²) in [7, 11) is -8.59. The number of phosphoric acid groups is 1. The predicted molar refractivity (Wildman–Crippen MR) is 126 cm³/mol. The van der Waals surface area contributed by atoms with Crippen LogP contribution in [0.3, 0.4) is 0 Å². The Morgan fingerprint density at radius 1 is 1.26 bits per heavy atom. The van der Waals surface area contributed by atoms with Crippen molar-refractivity contribution in [3.63, 3.8) is 0 Å². The molecule has 1 aromatic rings. The van der Waals surface area contributed by atoms with Crippen molar-refractivity contribution in [1.82, 2.24) is 5.32 Å². The first kappa shape index (κ1) is 30.6. The summed E-state index contributed by atoms with van der Waals surface area (Å²) in [5.41, 5.74) is 2.15. The van der Waals surface area contributed by atoms with Crippen LogP contribution >= 0.6 is 23.8 Å². The lowest BCUT2D eigenvalue weighted by Gasteiger charge is -2.24. The summed E-state index contributed by atoms with van der Waals surface area (Å²) < 4.78 is 42.1. The fraction of sp³-hybridized carbons (Fsp3) is 0.533. The Bertz CT molecular complexity index is 1110. The first-order valence-electron chi connectivity index (χ1n) is 9.48. The van der Waals surface area contributed by atoms with Crippen LogP contribution in [0.15, 0.2) is 6.07 Å². The van der Waals surface area contributed by atoms with Crippen molar-refractivity contribution in [2.24, 2.45) is 0 Å². The maximum atomic E-state index is 12.7. The molecule has 0 bridgehead atoms. The van der Waals surface area contributed by atoms with Gasteiger partial charge in [0.1, 0.15) is 5.56 Å². The van der Waals surface area contributed by atoms with E-state index in [1.165, 1.54) is 0 Å². The van der Waals surface area contributed by atoms with E-state index in [2.05, 4.69) is 30.0 Å². The van der Waals surface area contributed by atoms with Crippen LogP contribution in [-0.4, -0.2) is 78.4 Å². The number of nitrogens with one attached hydrogen (secondary N) is 1. The standard InChI is InChI=1S/C15H23BrN5O12PS/c1-35(30,31)33-8-6-19(5-3-16)13-11(20(23)24)9-10(17)12(14(13)21(25)26)15(22)18-4-2-7-32-34(27,28)29/h9H,2-8,17H2,1H3,(H,18,22)(H2,27,28,29). The van der Waals surface area contributed by atoms with Gasteiger partial charge in [0, 0.05) is 31.0 Å². The summed E-state index contributed by atoms with van der Waals surface area (Å²) >= 11 is 3.11. The Kier molecular flexibility index (Phi) is 11.4. The van der Waals surface area contributed by atoms with Gasteiger partial charge in [-0.1, -0.05) is 15.9 Å². The zero-order valence-corrected chi connectivity index (χ0v) is 21.5. The largest absolute Gasteiger partial charge is 0.469 e. The lowest BCUT2D eigenvalue weighted by molar-refractivity contribution is -0.392. The molecule has 0 aliphatic heterocycles. The molecule has 0 saturated heterocycles. The number of carbonyl (C=O) groups excluding carboxylic acids is 1. The van der Waals surface area contributed by atoms with Crippen molar-refractivity contribution in [2.45, 2.75) is 6.42 Å². The fourth-order valence-electron chi connectivity index (χ4n) is 2.81. The second kappa shape index (κ2) is 13.1. The average molecular weight is 608 g/mol. The van der Waals surface area contributed by atoms with E-state index in [0.717, 1.165) is 17.2 Å². The Hall–Kier alpha value is -2.41. The molecule has 0 aliphatic rings. The number of anilines is 2. The zero-order valence-electron chi connectivity index (χ0n) is 18.2. The number of alkyl halides is 1. The molecule has 0 heterocycles. The molecule has 1 aromatic carbocycles. The Morgan fingerprint density at radius 3 is 2.37 bits per heavy atom. The molecular formula is C15H23BrN5O12PS. The van der Waals surface area contributed by atoms with Crippen LogP contribution in [0.25, 0.3) is 0 Å². The summed E-state index contributed by atoms with van der Waals surface area (Å²) in [4.78, 5) is 52.8. The molecule has 17 nitrogen and oxygen atoms in total. The molecule has 0 saturated carbocycles. The maximum absolute atomic E-state index is 12.7. The highest BCUT2D eigenvalue weighted by Crippen LogP contribution is 2.43. The molecule has 0 aromatic heterocycles. The minimum atomic E-state index is -4.72. The molecule has 0 spiro atoms. The van der Waals surface area contributed by atoms with Crippen molar-refractivity contribution >= 4 is 62.5 Å². The summed E-state index contributed by atoms with van der Waals surface area (Å²) in [5, 5.41) is 26.1. The van der Waals surface area contributed by atoms with Crippen LogP contribution in [0.5, 0.6) is 0 Å². The molecular weight excluding hydrogens is 585 g/mol. The number of amides is 1. The van der Waals surface area contributed by atoms with E-state index in [-0.39, 0.29) is 31.4 Å². The van der Waals surface area contributed by atoms with Crippen molar-refractivity contribution < 1.29 is 46.1 Å². The van der Waals surface area contributed by atoms with E-state index < -0.39 is 75.2 Å². The molecule has 0 unspecified atom stereocenters. The maximum Gasteiger partial charge on any atom is 0.469 e. The minimum absolute atomic E-state index is 0.0699. The van der Waals surface area contributed by atoms with Gasteiger partial charge in [-0.05, 0) is 6.42 Å². The van der Waals surface area contributed by atoms with E-state index in [1.807, 2.05) is 0 Å². The van der Waals surface area contributed by atoms with E-state index in [0.29, 0.717) is 0 Å². The van der Waals surface area contributed by atoms with E-state index in [1.54, 1.807) is 0 Å². The quantitative estimate of drug-likeness (QED) is 0.0402. The van der Waals surface area contributed by atoms with Crippen LogP contribution in [-0.2, 0) is 23.4 Å². The number of nitrogens with zero attached hydrogens (tertiary/aromatic N) is 3. The molecule has 0 atom stereocenters. The minimum Gasteiger partial charge on any atom is -0.398 e. The Balaban J connectivity index is 3.44. The first-order valence-corrected chi connectivity index (χ1v) is 13.9. The number of halogens is 1. The van der Waals surface area contributed by atoms with Gasteiger partial charge in [-0.2, -0.15) is 8.42 Å². The second-order valence-electron chi connectivity index (χ2n) is 6.71. The van der Waals surface area contributed by atoms with Gasteiger partial charge in [0.15, 0.2) is 5.69 Å². The van der Waals surface area contributed by atoms with Crippen LogP contribution in [0.1, 0.15) is 16.8 Å². The Morgan fingerprint density at radius 2 is 1.89 bits per heavy atom. The second-order valence-corrected chi connectivity index (χ2v) is 10.4. The SMILES string of the molecule is CS(=O)(=O)OCCN(CCBr)c1c([N+](=O)[O-])cc(N)c(C(=O)NCCCOP(=O)(O)O)c1[N+](=O)[O-]. The van der Waals surface area contributed by atoms with E-state index in [4.69, 9.17) is 15.5 Å². The van der Waals surface area contributed by atoms with Crippen LogP contribution in [0, 0.1) is 20.2 Å². The highest BCUT2D eigenvalue weighted by Gasteiger charge is 2.37. The third kappa shape index (κ3) is 10.0. The highest BCUT2D eigenvalue weighted by molar-refractivity contribution is 9.09. The average Bonchev–Trinajstić information content (AvgIpc) is 2.70. The number of phosphoric ester groups is 1. The van der Waals surface area contributed by atoms with Gasteiger partial charge in [0.05, 0.1) is 35.0 Å². The van der Waals surface area contributed by atoms with Crippen LogP contribution in [0.4, 0.5) is 22.7 Å². The lowest BCUT2D eigenvalue weighted by Crippen LogP contribution is -2.33.